The Kier molecular flexibility index (Phi) is 3.65. The van der Waals surface area contributed by atoms with E-state index in [0.717, 1.165) is 5.56 Å². The molecule has 0 heterocycles. The highest BCUT2D eigenvalue weighted by atomic mass is 16.5. The van der Waals surface area contributed by atoms with Gasteiger partial charge in [0.25, 0.3) is 0 Å². The quantitative estimate of drug-likeness (QED) is 0.587. The summed E-state index contributed by atoms with van der Waals surface area (Å²) in [5.41, 5.74) is 6.46. The van der Waals surface area contributed by atoms with E-state index >= 15 is 0 Å². The number of carbonyl (C=O) groups excluding carboxylic acids is 1. The van der Waals surface area contributed by atoms with Crippen LogP contribution in [0, 0.1) is 5.92 Å². The lowest BCUT2D eigenvalue weighted by Crippen LogP contribution is -2.14. The topological polar surface area (TPSA) is 52.3 Å². The van der Waals surface area contributed by atoms with E-state index in [9.17, 15) is 4.79 Å². The van der Waals surface area contributed by atoms with E-state index < -0.39 is 0 Å². The Hall–Kier alpha value is -1.35. The fourth-order valence-electron chi connectivity index (χ4n) is 0.928. The van der Waals surface area contributed by atoms with Gasteiger partial charge >= 0.3 is 5.97 Å². The Labute approximate surface area is 83.9 Å². The molecule has 0 aliphatic rings. The summed E-state index contributed by atoms with van der Waals surface area (Å²) in [6.45, 7) is 4.10. The monoisotopic (exact) mass is 193 g/mol. The van der Waals surface area contributed by atoms with Gasteiger partial charge in [0.05, 0.1) is 5.92 Å². The highest BCUT2D eigenvalue weighted by molar-refractivity contribution is 5.74. The zero-order valence-corrected chi connectivity index (χ0v) is 8.49. The molecule has 0 unspecified atom stereocenters. The van der Waals surface area contributed by atoms with E-state index in [0.29, 0.717) is 12.3 Å². The summed E-state index contributed by atoms with van der Waals surface area (Å²) in [4.78, 5) is 11.2. The van der Waals surface area contributed by atoms with E-state index in [1.54, 1.807) is 26.0 Å². The number of carbonyl (C=O) groups is 1. The Morgan fingerprint density at radius 3 is 2.36 bits per heavy atom. The second kappa shape index (κ2) is 4.77. The van der Waals surface area contributed by atoms with Crippen molar-refractivity contribution in [3.05, 3.63) is 29.8 Å². The smallest absolute Gasteiger partial charge is 0.313 e. The Morgan fingerprint density at radius 1 is 1.36 bits per heavy atom. The molecule has 0 radical (unpaired) electrons. The maximum absolute atomic E-state index is 11.2. The lowest BCUT2D eigenvalue weighted by atomic mass is 10.2. The molecule has 14 heavy (non-hydrogen) atoms. The maximum Gasteiger partial charge on any atom is 0.313 e. The van der Waals surface area contributed by atoms with Crippen molar-refractivity contribution in [1.29, 1.82) is 0 Å². The summed E-state index contributed by atoms with van der Waals surface area (Å²) >= 11 is 0. The second-order valence-corrected chi connectivity index (χ2v) is 3.42. The molecule has 3 nitrogen and oxygen atoms in total. The molecule has 76 valence electrons. The van der Waals surface area contributed by atoms with Crippen LogP contribution in [0.5, 0.6) is 5.75 Å². The summed E-state index contributed by atoms with van der Waals surface area (Å²) < 4.78 is 5.10. The third-order valence-corrected chi connectivity index (χ3v) is 1.85. The molecule has 0 bridgehead atoms. The number of nitrogens with two attached hydrogens (primary N) is 1. The molecule has 0 spiro atoms. The van der Waals surface area contributed by atoms with Gasteiger partial charge in [0.2, 0.25) is 0 Å². The molecule has 0 aliphatic heterocycles. The van der Waals surface area contributed by atoms with Gasteiger partial charge in [-0.25, -0.2) is 0 Å². The highest BCUT2D eigenvalue weighted by Crippen LogP contribution is 2.13. The number of ether oxygens (including phenoxy) is 1. The third-order valence-electron chi connectivity index (χ3n) is 1.85. The van der Waals surface area contributed by atoms with E-state index in [-0.39, 0.29) is 11.9 Å². The first kappa shape index (κ1) is 10.7. The predicted octanol–water partition coefficient (Wildman–Crippen LogP) is 1.71. The minimum Gasteiger partial charge on any atom is -0.426 e. The van der Waals surface area contributed by atoms with Crippen LogP contribution < -0.4 is 10.5 Å². The standard InChI is InChI=1S/C11H15NO2/c1-8(2)11(13)14-10-5-3-9(7-12)4-6-10/h3-6,8H,7,12H2,1-2H3. The van der Waals surface area contributed by atoms with Crippen LogP contribution in [0.2, 0.25) is 0 Å². The molecular weight excluding hydrogens is 178 g/mol. The largest absolute Gasteiger partial charge is 0.426 e. The Balaban J connectivity index is 2.64. The van der Waals surface area contributed by atoms with Crippen LogP contribution in [0.1, 0.15) is 19.4 Å². The van der Waals surface area contributed by atoms with E-state index in [1.165, 1.54) is 0 Å². The van der Waals surface area contributed by atoms with E-state index in [1.807, 2.05) is 12.1 Å². The molecule has 1 aromatic rings. The van der Waals surface area contributed by atoms with Crippen LogP contribution >= 0.6 is 0 Å². The first-order chi connectivity index (χ1) is 6.63. The normalized spacial score (nSPS) is 10.3. The average Bonchev–Trinajstić information content (AvgIpc) is 2.19. The fraction of sp³-hybridized carbons (Fsp3) is 0.364. The molecule has 2 N–H and O–H groups in total. The minimum absolute atomic E-state index is 0.107. The number of hydrogen-bond acceptors (Lipinski definition) is 3. The van der Waals surface area contributed by atoms with Crippen LogP contribution in [0.25, 0.3) is 0 Å². The molecule has 1 aromatic carbocycles. The van der Waals surface area contributed by atoms with E-state index in [2.05, 4.69) is 0 Å². The van der Waals surface area contributed by atoms with Crippen molar-refractivity contribution < 1.29 is 9.53 Å². The Bertz CT molecular complexity index is 304. The van der Waals surface area contributed by atoms with Crippen LogP contribution in [0.4, 0.5) is 0 Å². The number of esters is 1. The van der Waals surface area contributed by atoms with Crippen molar-refractivity contribution in [2.24, 2.45) is 11.7 Å². The molecule has 0 amide bonds. The van der Waals surface area contributed by atoms with Gasteiger partial charge in [0.1, 0.15) is 5.75 Å². The first-order valence-corrected chi connectivity index (χ1v) is 4.64. The molecule has 3 heteroatoms. The molecular formula is C11H15NO2. The van der Waals surface area contributed by atoms with Crippen molar-refractivity contribution in [3.8, 4) is 5.75 Å². The van der Waals surface area contributed by atoms with Gasteiger partial charge in [-0.2, -0.15) is 0 Å². The van der Waals surface area contributed by atoms with Gasteiger partial charge in [0.15, 0.2) is 0 Å². The SMILES string of the molecule is CC(C)C(=O)Oc1ccc(CN)cc1. The molecule has 0 saturated heterocycles. The second-order valence-electron chi connectivity index (χ2n) is 3.42. The molecule has 0 aliphatic carbocycles. The summed E-state index contributed by atoms with van der Waals surface area (Å²) in [5, 5.41) is 0. The zero-order chi connectivity index (χ0) is 10.6. The summed E-state index contributed by atoms with van der Waals surface area (Å²) in [6.07, 6.45) is 0. The third kappa shape index (κ3) is 2.85. The lowest BCUT2D eigenvalue weighted by molar-refractivity contribution is -0.137. The van der Waals surface area contributed by atoms with Gasteiger partial charge in [-0.1, -0.05) is 26.0 Å². The first-order valence-electron chi connectivity index (χ1n) is 4.64. The number of hydrogen-bond donors (Lipinski definition) is 1. The lowest BCUT2D eigenvalue weighted by Gasteiger charge is -2.06. The fourth-order valence-corrected chi connectivity index (χ4v) is 0.928. The summed E-state index contributed by atoms with van der Waals surface area (Å²) in [5.74, 6) is 0.246. The van der Waals surface area contributed by atoms with Crippen molar-refractivity contribution in [2.45, 2.75) is 20.4 Å². The molecule has 0 atom stereocenters. The number of benzene rings is 1. The van der Waals surface area contributed by atoms with Crippen molar-refractivity contribution in [1.82, 2.24) is 0 Å². The molecule has 0 aromatic heterocycles. The predicted molar refractivity (Wildman–Crippen MR) is 54.8 cm³/mol. The number of rotatable bonds is 3. The van der Waals surface area contributed by atoms with Crippen LogP contribution in [0.15, 0.2) is 24.3 Å². The van der Waals surface area contributed by atoms with Crippen molar-refractivity contribution in [3.63, 3.8) is 0 Å². The van der Waals surface area contributed by atoms with Gasteiger partial charge in [-0.15, -0.1) is 0 Å². The van der Waals surface area contributed by atoms with Gasteiger partial charge in [-0.05, 0) is 17.7 Å². The van der Waals surface area contributed by atoms with E-state index in [4.69, 9.17) is 10.5 Å². The minimum atomic E-state index is -0.217. The molecule has 1 rings (SSSR count). The maximum atomic E-state index is 11.2. The van der Waals surface area contributed by atoms with Crippen LogP contribution in [0.3, 0.4) is 0 Å². The van der Waals surface area contributed by atoms with Crippen LogP contribution in [-0.2, 0) is 11.3 Å². The van der Waals surface area contributed by atoms with Gasteiger partial charge in [0, 0.05) is 6.54 Å². The summed E-state index contributed by atoms with van der Waals surface area (Å²) in [6, 6.07) is 7.21. The summed E-state index contributed by atoms with van der Waals surface area (Å²) in [7, 11) is 0. The zero-order valence-electron chi connectivity index (χ0n) is 8.49. The molecule has 0 saturated carbocycles. The highest BCUT2D eigenvalue weighted by Gasteiger charge is 2.08. The Morgan fingerprint density at radius 2 is 1.93 bits per heavy atom. The molecule has 0 fully saturated rings. The van der Waals surface area contributed by atoms with Crippen LogP contribution in [-0.4, -0.2) is 5.97 Å². The van der Waals surface area contributed by atoms with Gasteiger partial charge < -0.3 is 10.5 Å². The average molecular weight is 193 g/mol. The van der Waals surface area contributed by atoms with Crippen molar-refractivity contribution >= 4 is 5.97 Å². The van der Waals surface area contributed by atoms with Gasteiger partial charge in [-0.3, -0.25) is 4.79 Å². The van der Waals surface area contributed by atoms with Crippen molar-refractivity contribution in [2.75, 3.05) is 0 Å².